The zero-order valence-corrected chi connectivity index (χ0v) is 12.3. The van der Waals surface area contributed by atoms with Crippen LogP contribution in [0, 0.1) is 0 Å². The molecule has 0 bridgehead atoms. The first-order valence-corrected chi connectivity index (χ1v) is 6.66. The topological polar surface area (TPSA) is 72.8 Å². The second kappa shape index (κ2) is 6.76. The van der Waals surface area contributed by atoms with Gasteiger partial charge in [-0.25, -0.2) is 4.79 Å². The van der Waals surface area contributed by atoms with E-state index in [0.717, 1.165) is 0 Å². The Hall–Kier alpha value is -2.82. The fourth-order valence-corrected chi connectivity index (χ4v) is 2.00. The number of carbonyl (C=O) groups excluding carboxylic acids is 1. The van der Waals surface area contributed by atoms with E-state index in [1.807, 2.05) is 0 Å². The van der Waals surface area contributed by atoms with Crippen molar-refractivity contribution in [1.29, 1.82) is 0 Å². The zero-order chi connectivity index (χ0) is 16.1. The Labute approximate surface area is 128 Å². The molecule has 114 valence electrons. The molecule has 2 rings (SSSR count). The van der Waals surface area contributed by atoms with Crippen molar-refractivity contribution in [2.75, 3.05) is 7.11 Å². The van der Waals surface area contributed by atoms with Gasteiger partial charge in [0.1, 0.15) is 0 Å². The fraction of sp³-hybridized carbons (Fsp3) is 0.176. The van der Waals surface area contributed by atoms with Gasteiger partial charge in [-0.05, 0) is 25.1 Å². The van der Waals surface area contributed by atoms with Crippen molar-refractivity contribution in [2.24, 2.45) is 0 Å². The van der Waals surface area contributed by atoms with E-state index in [1.165, 1.54) is 26.2 Å². The van der Waals surface area contributed by atoms with E-state index in [-0.39, 0.29) is 11.5 Å². The number of carboxylic acids is 1. The van der Waals surface area contributed by atoms with Gasteiger partial charge in [-0.2, -0.15) is 0 Å². The number of rotatable bonds is 6. The quantitative estimate of drug-likeness (QED) is 0.830. The van der Waals surface area contributed by atoms with Crippen LogP contribution in [-0.2, 0) is 4.79 Å². The van der Waals surface area contributed by atoms with Gasteiger partial charge in [-0.1, -0.05) is 30.3 Å². The lowest BCUT2D eigenvalue weighted by Gasteiger charge is -2.17. The third kappa shape index (κ3) is 3.44. The molecule has 5 nitrogen and oxygen atoms in total. The Morgan fingerprint density at radius 3 is 2.27 bits per heavy atom. The average Bonchev–Trinajstić information content (AvgIpc) is 2.52. The van der Waals surface area contributed by atoms with Gasteiger partial charge in [0, 0.05) is 11.1 Å². The van der Waals surface area contributed by atoms with Gasteiger partial charge in [0.05, 0.1) is 7.11 Å². The third-order valence-corrected chi connectivity index (χ3v) is 3.14. The van der Waals surface area contributed by atoms with Crippen molar-refractivity contribution in [3.05, 3.63) is 59.7 Å². The monoisotopic (exact) mass is 300 g/mol. The second-order valence-electron chi connectivity index (χ2n) is 4.67. The van der Waals surface area contributed by atoms with Gasteiger partial charge in [0.25, 0.3) is 0 Å². The number of ether oxygens (including phenoxy) is 2. The minimum absolute atomic E-state index is 0.109. The number of Topliss-reactive ketones (excluding diaryl/α,β-unsaturated/α-hetero) is 1. The number of benzene rings is 2. The summed E-state index contributed by atoms with van der Waals surface area (Å²) in [5.41, 5.74) is 0.989. The van der Waals surface area contributed by atoms with Crippen LogP contribution in [0.1, 0.15) is 28.9 Å². The first-order valence-electron chi connectivity index (χ1n) is 6.66. The highest BCUT2D eigenvalue weighted by atomic mass is 16.5. The Bertz CT molecular complexity index is 679. The Balaban J connectivity index is 2.35. The Morgan fingerprint density at radius 2 is 1.73 bits per heavy atom. The van der Waals surface area contributed by atoms with Gasteiger partial charge in [0.15, 0.2) is 17.3 Å². The molecule has 1 N–H and O–H groups in total. The molecule has 0 fully saturated rings. The van der Waals surface area contributed by atoms with Gasteiger partial charge in [-0.15, -0.1) is 0 Å². The van der Waals surface area contributed by atoms with Gasteiger partial charge in [-0.3, -0.25) is 4.79 Å². The summed E-state index contributed by atoms with van der Waals surface area (Å²) in [6, 6.07) is 13.3. The van der Waals surface area contributed by atoms with E-state index in [1.54, 1.807) is 36.4 Å². The summed E-state index contributed by atoms with van der Waals surface area (Å²) in [5, 5.41) is 9.37. The van der Waals surface area contributed by atoms with Gasteiger partial charge >= 0.3 is 5.97 Å². The fourth-order valence-electron chi connectivity index (χ4n) is 2.00. The van der Waals surface area contributed by atoms with E-state index in [0.29, 0.717) is 16.9 Å². The molecule has 0 saturated heterocycles. The summed E-state index contributed by atoms with van der Waals surface area (Å²) in [5.74, 6) is -0.634. The molecule has 22 heavy (non-hydrogen) atoms. The first kappa shape index (κ1) is 15.6. The van der Waals surface area contributed by atoms with E-state index < -0.39 is 12.1 Å². The van der Waals surface area contributed by atoms with Crippen LogP contribution < -0.4 is 9.47 Å². The number of aliphatic carboxylic acids is 1. The van der Waals surface area contributed by atoms with Crippen LogP contribution in [0.4, 0.5) is 0 Å². The van der Waals surface area contributed by atoms with E-state index >= 15 is 0 Å². The number of hydrogen-bond acceptors (Lipinski definition) is 4. The largest absolute Gasteiger partial charge is 0.493 e. The maximum atomic E-state index is 11.5. The molecule has 0 aliphatic carbocycles. The third-order valence-electron chi connectivity index (χ3n) is 3.14. The van der Waals surface area contributed by atoms with E-state index in [9.17, 15) is 14.7 Å². The summed E-state index contributed by atoms with van der Waals surface area (Å²) < 4.78 is 10.8. The number of ketones is 1. The van der Waals surface area contributed by atoms with Gasteiger partial charge < -0.3 is 14.6 Å². The van der Waals surface area contributed by atoms with Crippen molar-refractivity contribution in [3.63, 3.8) is 0 Å². The van der Waals surface area contributed by atoms with E-state index in [4.69, 9.17) is 9.47 Å². The molecule has 0 aromatic heterocycles. The van der Waals surface area contributed by atoms with Crippen LogP contribution in [0.3, 0.4) is 0 Å². The maximum Gasteiger partial charge on any atom is 0.349 e. The molecule has 5 heteroatoms. The molecule has 0 saturated carbocycles. The standard InChI is InChI=1S/C17H16O5/c1-11(18)13-8-9-14(15(10-13)21-2)22-16(17(19)20)12-6-4-3-5-7-12/h3-10,16H,1-2H3,(H,19,20). The molecule has 0 radical (unpaired) electrons. The van der Waals surface area contributed by atoms with Crippen molar-refractivity contribution in [1.82, 2.24) is 0 Å². The molecule has 2 aromatic carbocycles. The molecule has 1 atom stereocenters. The van der Waals surface area contributed by atoms with Crippen LogP contribution >= 0.6 is 0 Å². The number of hydrogen-bond donors (Lipinski definition) is 1. The lowest BCUT2D eigenvalue weighted by molar-refractivity contribution is -0.145. The smallest absolute Gasteiger partial charge is 0.349 e. The molecule has 0 amide bonds. The van der Waals surface area contributed by atoms with Crippen LogP contribution in [0.15, 0.2) is 48.5 Å². The second-order valence-corrected chi connectivity index (χ2v) is 4.67. The predicted molar refractivity (Wildman–Crippen MR) is 80.4 cm³/mol. The predicted octanol–water partition coefficient (Wildman–Crippen LogP) is 3.10. The molecule has 0 aliphatic rings. The SMILES string of the molecule is COc1cc(C(C)=O)ccc1OC(C(=O)O)c1ccccc1. The molecule has 0 aliphatic heterocycles. The highest BCUT2D eigenvalue weighted by Gasteiger charge is 2.23. The molecular formula is C17H16O5. The lowest BCUT2D eigenvalue weighted by atomic mass is 10.1. The van der Waals surface area contributed by atoms with Crippen molar-refractivity contribution in [3.8, 4) is 11.5 Å². The maximum absolute atomic E-state index is 11.5. The summed E-state index contributed by atoms with van der Waals surface area (Å²) in [6.07, 6.45) is -1.15. The average molecular weight is 300 g/mol. The Morgan fingerprint density at radius 1 is 1.05 bits per heavy atom. The Kier molecular flexibility index (Phi) is 4.78. The number of carboxylic acid groups (broad SMARTS) is 1. The van der Waals surface area contributed by atoms with Crippen molar-refractivity contribution >= 4 is 11.8 Å². The number of methoxy groups -OCH3 is 1. The highest BCUT2D eigenvalue weighted by molar-refractivity contribution is 5.94. The van der Waals surface area contributed by atoms with Crippen LogP contribution in [0.25, 0.3) is 0 Å². The summed E-state index contributed by atoms with van der Waals surface area (Å²) in [6.45, 7) is 1.44. The minimum atomic E-state index is -1.15. The molecular weight excluding hydrogens is 284 g/mol. The summed E-state index contributed by atoms with van der Waals surface area (Å²) >= 11 is 0. The van der Waals surface area contributed by atoms with Crippen LogP contribution in [0.5, 0.6) is 11.5 Å². The normalized spacial score (nSPS) is 11.5. The molecule has 2 aromatic rings. The first-order chi connectivity index (χ1) is 10.5. The van der Waals surface area contributed by atoms with Crippen LogP contribution in [0.2, 0.25) is 0 Å². The van der Waals surface area contributed by atoms with E-state index in [2.05, 4.69) is 0 Å². The minimum Gasteiger partial charge on any atom is -0.493 e. The van der Waals surface area contributed by atoms with Gasteiger partial charge in [0.2, 0.25) is 6.10 Å². The number of carbonyl (C=O) groups is 2. The molecule has 0 heterocycles. The highest BCUT2D eigenvalue weighted by Crippen LogP contribution is 2.32. The summed E-state index contributed by atoms with van der Waals surface area (Å²) in [4.78, 5) is 22.8. The molecule has 1 unspecified atom stereocenters. The molecule has 0 spiro atoms. The van der Waals surface area contributed by atoms with Crippen molar-refractivity contribution in [2.45, 2.75) is 13.0 Å². The van der Waals surface area contributed by atoms with Crippen LogP contribution in [-0.4, -0.2) is 24.0 Å². The summed E-state index contributed by atoms with van der Waals surface area (Å²) in [7, 11) is 1.43. The lowest BCUT2D eigenvalue weighted by Crippen LogP contribution is -2.18. The zero-order valence-electron chi connectivity index (χ0n) is 12.3. The van der Waals surface area contributed by atoms with Crippen molar-refractivity contribution < 1.29 is 24.2 Å².